The predicted octanol–water partition coefficient (Wildman–Crippen LogP) is 3.40. The molecule has 1 aromatic carbocycles. The van der Waals surface area contributed by atoms with E-state index in [0.717, 1.165) is 53.5 Å². The van der Waals surface area contributed by atoms with Gasteiger partial charge in [-0.1, -0.05) is 0 Å². The Morgan fingerprint density at radius 3 is 2.84 bits per heavy atom. The highest BCUT2D eigenvalue weighted by Gasteiger charge is 2.31. The lowest BCUT2D eigenvalue weighted by atomic mass is 10.0. The molecule has 1 aliphatic heterocycles. The molecule has 1 fully saturated rings. The first-order valence-corrected chi connectivity index (χ1v) is 8.51. The number of anilines is 1. The molecule has 0 amide bonds. The first-order valence-electron chi connectivity index (χ1n) is 8.51. The molecule has 0 aliphatic carbocycles. The van der Waals surface area contributed by atoms with Gasteiger partial charge in [0.1, 0.15) is 17.0 Å². The van der Waals surface area contributed by atoms with Crippen molar-refractivity contribution in [1.29, 1.82) is 0 Å². The lowest BCUT2D eigenvalue weighted by Gasteiger charge is -2.28. The summed E-state index contributed by atoms with van der Waals surface area (Å²) in [7, 11) is 3.40. The van der Waals surface area contributed by atoms with E-state index in [1.807, 2.05) is 36.0 Å². The minimum atomic E-state index is 0.207. The summed E-state index contributed by atoms with van der Waals surface area (Å²) in [6, 6.07) is 8.27. The van der Waals surface area contributed by atoms with E-state index >= 15 is 0 Å². The van der Waals surface area contributed by atoms with Crippen molar-refractivity contribution in [1.82, 2.24) is 14.6 Å². The molecule has 130 valence electrons. The Labute approximate surface area is 147 Å². The van der Waals surface area contributed by atoms with E-state index in [0.29, 0.717) is 0 Å². The Morgan fingerprint density at radius 1 is 1.16 bits per heavy atom. The normalized spacial score (nSPS) is 17.2. The van der Waals surface area contributed by atoms with Crippen LogP contribution in [0.25, 0.3) is 5.52 Å². The minimum absolute atomic E-state index is 0.207. The fraction of sp³-hybridized carbons (Fsp3) is 0.368. The van der Waals surface area contributed by atoms with Gasteiger partial charge in [0.15, 0.2) is 5.82 Å². The Balaban J connectivity index is 1.81. The third-order valence-electron chi connectivity index (χ3n) is 4.81. The van der Waals surface area contributed by atoms with Crippen LogP contribution in [-0.4, -0.2) is 35.4 Å². The summed E-state index contributed by atoms with van der Waals surface area (Å²) < 4.78 is 12.9. The molecule has 25 heavy (non-hydrogen) atoms. The standard InChI is InChI=1S/C19H22N4O2/c1-13-11-17-19(20-8-10-23(17)21-13)22-9-4-5-16(22)15-12-14(24-2)6-7-18(15)25-3/h6-8,10-12,16H,4-5,9H2,1-3H3. The number of nitrogens with zero attached hydrogens (tertiary/aromatic N) is 4. The Hall–Kier alpha value is -2.76. The molecule has 6 heteroatoms. The summed E-state index contributed by atoms with van der Waals surface area (Å²) in [5.74, 6) is 2.69. The highest BCUT2D eigenvalue weighted by atomic mass is 16.5. The van der Waals surface area contributed by atoms with E-state index < -0.39 is 0 Å². The van der Waals surface area contributed by atoms with Crippen LogP contribution < -0.4 is 14.4 Å². The summed E-state index contributed by atoms with van der Waals surface area (Å²) in [6.45, 7) is 2.96. The zero-order chi connectivity index (χ0) is 17.4. The van der Waals surface area contributed by atoms with Gasteiger partial charge in [0.05, 0.1) is 26.0 Å². The first kappa shape index (κ1) is 15.7. The molecule has 0 spiro atoms. The van der Waals surface area contributed by atoms with Crippen LogP contribution >= 0.6 is 0 Å². The molecule has 0 radical (unpaired) electrons. The summed E-state index contributed by atoms with van der Waals surface area (Å²) in [4.78, 5) is 7.02. The number of hydrogen-bond donors (Lipinski definition) is 0. The second-order valence-corrected chi connectivity index (χ2v) is 6.33. The topological polar surface area (TPSA) is 51.9 Å². The van der Waals surface area contributed by atoms with Gasteiger partial charge in [0, 0.05) is 24.5 Å². The van der Waals surface area contributed by atoms with Crippen molar-refractivity contribution in [3.8, 4) is 11.5 Å². The second-order valence-electron chi connectivity index (χ2n) is 6.33. The van der Waals surface area contributed by atoms with Gasteiger partial charge in [-0.3, -0.25) is 0 Å². The minimum Gasteiger partial charge on any atom is -0.497 e. The molecule has 0 bridgehead atoms. The van der Waals surface area contributed by atoms with E-state index in [4.69, 9.17) is 9.47 Å². The van der Waals surface area contributed by atoms with Crippen molar-refractivity contribution in [2.24, 2.45) is 0 Å². The van der Waals surface area contributed by atoms with Crippen LogP contribution in [0, 0.1) is 6.92 Å². The summed E-state index contributed by atoms with van der Waals surface area (Å²) in [6.07, 6.45) is 5.87. The van der Waals surface area contributed by atoms with Crippen LogP contribution in [0.1, 0.15) is 30.1 Å². The third-order valence-corrected chi connectivity index (χ3v) is 4.81. The van der Waals surface area contributed by atoms with Crippen LogP contribution in [0.15, 0.2) is 36.7 Å². The summed E-state index contributed by atoms with van der Waals surface area (Å²) in [5.41, 5.74) is 3.16. The van der Waals surface area contributed by atoms with Gasteiger partial charge in [-0.2, -0.15) is 5.10 Å². The number of ether oxygens (including phenoxy) is 2. The van der Waals surface area contributed by atoms with Crippen molar-refractivity contribution >= 4 is 11.3 Å². The highest BCUT2D eigenvalue weighted by molar-refractivity contribution is 5.70. The zero-order valence-electron chi connectivity index (χ0n) is 14.8. The summed E-state index contributed by atoms with van der Waals surface area (Å²) in [5, 5.41) is 4.51. The van der Waals surface area contributed by atoms with E-state index in [1.54, 1.807) is 14.2 Å². The monoisotopic (exact) mass is 338 g/mol. The van der Waals surface area contributed by atoms with Gasteiger partial charge in [-0.15, -0.1) is 0 Å². The molecule has 1 unspecified atom stereocenters. The molecule has 0 N–H and O–H groups in total. The number of fused-ring (bicyclic) bond motifs is 1. The predicted molar refractivity (Wildman–Crippen MR) is 96.6 cm³/mol. The third kappa shape index (κ3) is 2.67. The van der Waals surface area contributed by atoms with Crippen LogP contribution in [0.5, 0.6) is 11.5 Å². The second kappa shape index (κ2) is 6.27. The number of methoxy groups -OCH3 is 2. The maximum Gasteiger partial charge on any atom is 0.155 e. The average Bonchev–Trinajstić information content (AvgIpc) is 3.26. The summed E-state index contributed by atoms with van der Waals surface area (Å²) >= 11 is 0. The Morgan fingerprint density at radius 2 is 2.04 bits per heavy atom. The van der Waals surface area contributed by atoms with Crippen LogP contribution in [-0.2, 0) is 0 Å². The number of aryl methyl sites for hydroxylation is 1. The molecular formula is C19H22N4O2. The maximum absolute atomic E-state index is 5.61. The SMILES string of the molecule is COc1ccc(OC)c(C2CCCN2c2nccn3nc(C)cc23)c1. The highest BCUT2D eigenvalue weighted by Crippen LogP contribution is 2.41. The van der Waals surface area contributed by atoms with E-state index in [1.165, 1.54) is 0 Å². The van der Waals surface area contributed by atoms with Crippen molar-refractivity contribution in [3.05, 3.63) is 47.9 Å². The van der Waals surface area contributed by atoms with E-state index in [2.05, 4.69) is 27.1 Å². The largest absolute Gasteiger partial charge is 0.497 e. The lowest BCUT2D eigenvalue weighted by Crippen LogP contribution is -2.24. The van der Waals surface area contributed by atoms with Crippen LogP contribution in [0.3, 0.4) is 0 Å². The van der Waals surface area contributed by atoms with Crippen molar-refractivity contribution in [2.75, 3.05) is 25.7 Å². The molecule has 4 rings (SSSR count). The molecule has 1 saturated heterocycles. The van der Waals surface area contributed by atoms with Crippen LogP contribution in [0.2, 0.25) is 0 Å². The Kier molecular flexibility index (Phi) is 3.95. The number of rotatable bonds is 4. The van der Waals surface area contributed by atoms with Gasteiger partial charge in [-0.05, 0) is 44.0 Å². The number of aromatic nitrogens is 3. The molecule has 1 atom stereocenters. The molecule has 6 nitrogen and oxygen atoms in total. The number of benzene rings is 1. The maximum atomic E-state index is 5.61. The van der Waals surface area contributed by atoms with E-state index in [9.17, 15) is 0 Å². The molecule has 0 saturated carbocycles. The molecule has 3 heterocycles. The fourth-order valence-electron chi connectivity index (χ4n) is 3.70. The fourth-order valence-corrected chi connectivity index (χ4v) is 3.70. The van der Waals surface area contributed by atoms with Gasteiger partial charge in [0.25, 0.3) is 0 Å². The van der Waals surface area contributed by atoms with Crippen molar-refractivity contribution in [2.45, 2.75) is 25.8 Å². The molecule has 2 aromatic heterocycles. The van der Waals surface area contributed by atoms with Gasteiger partial charge in [-0.25, -0.2) is 9.50 Å². The Bertz CT molecular complexity index is 906. The van der Waals surface area contributed by atoms with Crippen molar-refractivity contribution in [3.63, 3.8) is 0 Å². The first-order chi connectivity index (χ1) is 12.2. The van der Waals surface area contributed by atoms with Crippen molar-refractivity contribution < 1.29 is 9.47 Å². The lowest BCUT2D eigenvalue weighted by molar-refractivity contribution is 0.395. The van der Waals surface area contributed by atoms with Crippen LogP contribution in [0.4, 0.5) is 5.82 Å². The van der Waals surface area contributed by atoms with Gasteiger partial charge >= 0.3 is 0 Å². The van der Waals surface area contributed by atoms with Gasteiger partial charge < -0.3 is 14.4 Å². The van der Waals surface area contributed by atoms with E-state index in [-0.39, 0.29) is 6.04 Å². The molecular weight excluding hydrogens is 316 g/mol. The van der Waals surface area contributed by atoms with Gasteiger partial charge in [0.2, 0.25) is 0 Å². The smallest absolute Gasteiger partial charge is 0.155 e. The zero-order valence-corrected chi connectivity index (χ0v) is 14.8. The quantitative estimate of drug-likeness (QED) is 0.730. The number of hydrogen-bond acceptors (Lipinski definition) is 5. The average molecular weight is 338 g/mol. The molecule has 3 aromatic rings. The molecule has 1 aliphatic rings.